The van der Waals surface area contributed by atoms with E-state index in [1.165, 1.54) is 19.3 Å². The first kappa shape index (κ1) is 10.4. The van der Waals surface area contributed by atoms with E-state index in [0.29, 0.717) is 5.54 Å². The van der Waals surface area contributed by atoms with Crippen LogP contribution in [0.3, 0.4) is 0 Å². The molecule has 2 heteroatoms. The first-order valence-electron chi connectivity index (χ1n) is 5.86. The maximum atomic E-state index is 6.04. The quantitative estimate of drug-likeness (QED) is 0.730. The van der Waals surface area contributed by atoms with E-state index in [9.17, 15) is 0 Å². The van der Waals surface area contributed by atoms with Crippen LogP contribution < -0.4 is 5.73 Å². The standard InChI is InChI=1S/C12H24N2/c1-11(2,3)14(4)12(8-13)6-5-9-7-10(9)12/h9-10H,5-8,13H2,1-4H3. The Kier molecular flexibility index (Phi) is 2.20. The second-order valence-electron chi connectivity index (χ2n) is 6.18. The van der Waals surface area contributed by atoms with E-state index in [2.05, 4.69) is 32.7 Å². The van der Waals surface area contributed by atoms with E-state index in [1.54, 1.807) is 0 Å². The highest BCUT2D eigenvalue weighted by atomic mass is 15.3. The van der Waals surface area contributed by atoms with Crippen LogP contribution in [0, 0.1) is 11.8 Å². The maximum Gasteiger partial charge on any atom is 0.0364 e. The molecule has 2 aliphatic rings. The fourth-order valence-corrected chi connectivity index (χ4v) is 3.32. The Bertz CT molecular complexity index is 231. The maximum absolute atomic E-state index is 6.04. The molecule has 2 N–H and O–H groups in total. The minimum Gasteiger partial charge on any atom is -0.329 e. The zero-order valence-corrected chi connectivity index (χ0v) is 10.0. The van der Waals surface area contributed by atoms with E-state index in [0.717, 1.165) is 18.4 Å². The summed E-state index contributed by atoms with van der Waals surface area (Å²) >= 11 is 0. The van der Waals surface area contributed by atoms with Crippen LogP contribution in [0.5, 0.6) is 0 Å². The smallest absolute Gasteiger partial charge is 0.0364 e. The Morgan fingerprint density at radius 2 is 2.07 bits per heavy atom. The van der Waals surface area contributed by atoms with Gasteiger partial charge in [0.2, 0.25) is 0 Å². The third-order valence-corrected chi connectivity index (χ3v) is 4.59. The highest BCUT2D eigenvalue weighted by molar-refractivity contribution is 5.14. The van der Waals surface area contributed by atoms with Crippen molar-refractivity contribution in [3.05, 3.63) is 0 Å². The van der Waals surface area contributed by atoms with Gasteiger partial charge in [0.1, 0.15) is 0 Å². The molecule has 2 saturated carbocycles. The predicted molar refractivity (Wildman–Crippen MR) is 60.1 cm³/mol. The van der Waals surface area contributed by atoms with E-state index in [4.69, 9.17) is 5.73 Å². The summed E-state index contributed by atoms with van der Waals surface area (Å²) in [6.07, 6.45) is 4.15. The highest BCUT2D eigenvalue weighted by Crippen LogP contribution is 2.59. The number of hydrogen-bond donors (Lipinski definition) is 1. The monoisotopic (exact) mass is 196 g/mol. The van der Waals surface area contributed by atoms with Crippen molar-refractivity contribution in [3.63, 3.8) is 0 Å². The second kappa shape index (κ2) is 2.96. The molecule has 3 atom stereocenters. The first-order chi connectivity index (χ1) is 6.42. The van der Waals surface area contributed by atoms with Crippen molar-refractivity contribution >= 4 is 0 Å². The highest BCUT2D eigenvalue weighted by Gasteiger charge is 2.60. The van der Waals surface area contributed by atoms with Gasteiger partial charge in [-0.05, 0) is 58.9 Å². The molecular formula is C12H24N2. The summed E-state index contributed by atoms with van der Waals surface area (Å²) in [6, 6.07) is 0. The number of hydrogen-bond acceptors (Lipinski definition) is 2. The van der Waals surface area contributed by atoms with Crippen LogP contribution >= 0.6 is 0 Å². The average molecular weight is 196 g/mol. The largest absolute Gasteiger partial charge is 0.329 e. The molecule has 0 amide bonds. The zero-order chi connectivity index (χ0) is 10.6. The van der Waals surface area contributed by atoms with Crippen molar-refractivity contribution in [1.82, 2.24) is 4.90 Å². The number of nitrogens with two attached hydrogens (primary N) is 1. The van der Waals surface area contributed by atoms with Gasteiger partial charge < -0.3 is 5.73 Å². The number of nitrogens with zero attached hydrogens (tertiary/aromatic N) is 1. The lowest BCUT2D eigenvalue weighted by Crippen LogP contribution is -2.59. The van der Waals surface area contributed by atoms with E-state index >= 15 is 0 Å². The van der Waals surface area contributed by atoms with Crippen molar-refractivity contribution in [2.75, 3.05) is 13.6 Å². The third-order valence-electron chi connectivity index (χ3n) is 4.59. The second-order valence-corrected chi connectivity index (χ2v) is 6.18. The molecule has 0 spiro atoms. The van der Waals surface area contributed by atoms with Crippen LogP contribution in [0.1, 0.15) is 40.0 Å². The molecule has 2 aliphatic carbocycles. The van der Waals surface area contributed by atoms with Crippen LogP contribution in [0.15, 0.2) is 0 Å². The van der Waals surface area contributed by atoms with Gasteiger partial charge in [0.05, 0.1) is 0 Å². The van der Waals surface area contributed by atoms with Crippen molar-refractivity contribution in [3.8, 4) is 0 Å². The molecule has 3 unspecified atom stereocenters. The minimum atomic E-state index is 0.247. The Labute approximate surface area is 87.8 Å². The van der Waals surface area contributed by atoms with Crippen LogP contribution in [0.2, 0.25) is 0 Å². The number of rotatable bonds is 2. The van der Waals surface area contributed by atoms with Crippen molar-refractivity contribution in [2.45, 2.75) is 51.1 Å². The molecule has 0 aromatic heterocycles. The van der Waals surface area contributed by atoms with Crippen LogP contribution in [-0.2, 0) is 0 Å². The Balaban J connectivity index is 2.20. The lowest BCUT2D eigenvalue weighted by molar-refractivity contribution is 0.0253. The molecule has 0 bridgehead atoms. The molecule has 0 saturated heterocycles. The van der Waals surface area contributed by atoms with Gasteiger partial charge in [-0.25, -0.2) is 0 Å². The summed E-state index contributed by atoms with van der Waals surface area (Å²) < 4.78 is 0. The molecule has 0 aliphatic heterocycles. The van der Waals surface area contributed by atoms with Gasteiger partial charge in [-0.1, -0.05) is 0 Å². The summed E-state index contributed by atoms with van der Waals surface area (Å²) in [6.45, 7) is 7.71. The van der Waals surface area contributed by atoms with Gasteiger partial charge in [0, 0.05) is 17.6 Å². The molecule has 0 heterocycles. The first-order valence-corrected chi connectivity index (χ1v) is 5.86. The molecule has 2 nitrogen and oxygen atoms in total. The SMILES string of the molecule is CN(C(C)(C)C)C1(CN)CCC2CC21. The van der Waals surface area contributed by atoms with Crippen LogP contribution in [0.4, 0.5) is 0 Å². The van der Waals surface area contributed by atoms with Crippen molar-refractivity contribution in [1.29, 1.82) is 0 Å². The molecule has 82 valence electrons. The van der Waals surface area contributed by atoms with Crippen molar-refractivity contribution in [2.24, 2.45) is 17.6 Å². The molecule has 2 fully saturated rings. The van der Waals surface area contributed by atoms with Gasteiger partial charge in [-0.15, -0.1) is 0 Å². The Hall–Kier alpha value is -0.0800. The Morgan fingerprint density at radius 1 is 1.43 bits per heavy atom. The van der Waals surface area contributed by atoms with E-state index < -0.39 is 0 Å². The molecule has 0 radical (unpaired) electrons. The van der Waals surface area contributed by atoms with E-state index in [1.807, 2.05) is 0 Å². The number of likely N-dealkylation sites (N-methyl/N-ethyl adjacent to an activating group) is 1. The van der Waals surface area contributed by atoms with Crippen LogP contribution in [0.25, 0.3) is 0 Å². The lowest BCUT2D eigenvalue weighted by atomic mass is 9.87. The lowest BCUT2D eigenvalue weighted by Gasteiger charge is -2.47. The van der Waals surface area contributed by atoms with Gasteiger partial charge in [-0.2, -0.15) is 0 Å². The number of fused-ring (bicyclic) bond motifs is 1. The molecular weight excluding hydrogens is 172 g/mol. The summed E-state index contributed by atoms with van der Waals surface area (Å²) in [5.41, 5.74) is 6.61. The third kappa shape index (κ3) is 1.31. The van der Waals surface area contributed by atoms with Gasteiger partial charge >= 0.3 is 0 Å². The fourth-order valence-electron chi connectivity index (χ4n) is 3.32. The summed E-state index contributed by atoms with van der Waals surface area (Å²) in [5.74, 6) is 1.90. The van der Waals surface area contributed by atoms with Gasteiger partial charge in [-0.3, -0.25) is 4.90 Å². The normalized spacial score (nSPS) is 41.6. The van der Waals surface area contributed by atoms with Crippen LogP contribution in [-0.4, -0.2) is 29.6 Å². The molecule has 0 aromatic carbocycles. The fraction of sp³-hybridized carbons (Fsp3) is 1.00. The molecule has 0 aromatic rings. The predicted octanol–water partition coefficient (Wildman–Crippen LogP) is 1.84. The Morgan fingerprint density at radius 3 is 2.36 bits per heavy atom. The topological polar surface area (TPSA) is 29.3 Å². The van der Waals surface area contributed by atoms with Gasteiger partial charge in [0.25, 0.3) is 0 Å². The minimum absolute atomic E-state index is 0.247. The van der Waals surface area contributed by atoms with Gasteiger partial charge in [0.15, 0.2) is 0 Å². The summed E-state index contributed by atoms with van der Waals surface area (Å²) in [7, 11) is 2.26. The van der Waals surface area contributed by atoms with E-state index in [-0.39, 0.29) is 5.54 Å². The summed E-state index contributed by atoms with van der Waals surface area (Å²) in [5, 5.41) is 0. The van der Waals surface area contributed by atoms with Crippen molar-refractivity contribution < 1.29 is 0 Å². The summed E-state index contributed by atoms with van der Waals surface area (Å²) in [4.78, 5) is 2.54. The average Bonchev–Trinajstić information content (AvgIpc) is 2.79. The molecule has 14 heavy (non-hydrogen) atoms. The zero-order valence-electron chi connectivity index (χ0n) is 10.0. The molecule has 2 rings (SSSR count).